The Morgan fingerprint density at radius 2 is 1.86 bits per heavy atom. The molecular formula is C16H19Cl2N3. The van der Waals surface area contributed by atoms with E-state index in [0.29, 0.717) is 10.0 Å². The molecule has 0 aliphatic heterocycles. The third-order valence-electron chi connectivity index (χ3n) is 3.36. The van der Waals surface area contributed by atoms with E-state index in [2.05, 4.69) is 35.4 Å². The number of hydrogen-bond donors (Lipinski definition) is 1. The van der Waals surface area contributed by atoms with Crippen molar-refractivity contribution in [2.75, 3.05) is 6.54 Å². The lowest BCUT2D eigenvalue weighted by molar-refractivity contribution is 0.617. The summed E-state index contributed by atoms with van der Waals surface area (Å²) < 4.78 is 0. The van der Waals surface area contributed by atoms with Crippen LogP contribution in [0.4, 0.5) is 0 Å². The number of aryl methyl sites for hydroxylation is 2. The van der Waals surface area contributed by atoms with Crippen molar-refractivity contribution < 1.29 is 0 Å². The number of halogens is 2. The summed E-state index contributed by atoms with van der Waals surface area (Å²) in [5.41, 5.74) is 4.13. The van der Waals surface area contributed by atoms with Gasteiger partial charge in [-0.3, -0.25) is 0 Å². The van der Waals surface area contributed by atoms with Crippen LogP contribution in [0.5, 0.6) is 0 Å². The number of nitrogens with one attached hydrogen (secondary N) is 1. The highest BCUT2D eigenvalue weighted by atomic mass is 35.5. The van der Waals surface area contributed by atoms with E-state index in [1.54, 1.807) is 0 Å². The van der Waals surface area contributed by atoms with E-state index in [0.717, 1.165) is 35.5 Å². The van der Waals surface area contributed by atoms with Crippen LogP contribution in [0.25, 0.3) is 0 Å². The highest BCUT2D eigenvalue weighted by Gasteiger charge is 2.18. The molecule has 1 unspecified atom stereocenters. The van der Waals surface area contributed by atoms with E-state index >= 15 is 0 Å². The molecular weight excluding hydrogens is 305 g/mol. The fourth-order valence-corrected chi connectivity index (χ4v) is 2.67. The van der Waals surface area contributed by atoms with Crippen molar-refractivity contribution in [1.82, 2.24) is 15.5 Å². The summed E-state index contributed by atoms with van der Waals surface area (Å²) in [4.78, 5) is 0. The minimum atomic E-state index is 0.0360. The van der Waals surface area contributed by atoms with Gasteiger partial charge in [-0.1, -0.05) is 43.1 Å². The van der Waals surface area contributed by atoms with E-state index in [-0.39, 0.29) is 6.04 Å². The average Bonchev–Trinajstić information content (AvgIpc) is 2.48. The topological polar surface area (TPSA) is 37.8 Å². The Bertz CT molecular complexity index is 629. The van der Waals surface area contributed by atoms with Crippen molar-refractivity contribution in [1.29, 1.82) is 0 Å². The molecule has 0 aliphatic carbocycles. The summed E-state index contributed by atoms with van der Waals surface area (Å²) in [6.45, 7) is 6.96. The number of rotatable bonds is 5. The zero-order chi connectivity index (χ0) is 15.4. The second-order valence-corrected chi connectivity index (χ2v) is 5.72. The summed E-state index contributed by atoms with van der Waals surface area (Å²) >= 11 is 12.2. The van der Waals surface area contributed by atoms with Crippen LogP contribution in [0.3, 0.4) is 0 Å². The molecule has 0 bridgehead atoms. The van der Waals surface area contributed by atoms with Crippen molar-refractivity contribution in [2.24, 2.45) is 0 Å². The summed E-state index contributed by atoms with van der Waals surface area (Å²) in [7, 11) is 0. The lowest BCUT2D eigenvalue weighted by Crippen LogP contribution is -2.24. The summed E-state index contributed by atoms with van der Waals surface area (Å²) in [5, 5.41) is 13.1. The molecule has 5 heteroatoms. The van der Waals surface area contributed by atoms with Crippen LogP contribution in [-0.2, 0) is 6.42 Å². The third-order valence-corrected chi connectivity index (χ3v) is 4.10. The minimum Gasteiger partial charge on any atom is -0.306 e. The fourth-order valence-electron chi connectivity index (χ4n) is 2.36. The molecule has 0 saturated carbocycles. The first-order valence-corrected chi connectivity index (χ1v) is 7.83. The fraction of sp³-hybridized carbons (Fsp3) is 0.375. The van der Waals surface area contributed by atoms with Crippen LogP contribution in [0.1, 0.15) is 42.4 Å². The zero-order valence-electron chi connectivity index (χ0n) is 12.5. The van der Waals surface area contributed by atoms with Gasteiger partial charge in [0.1, 0.15) is 0 Å². The minimum absolute atomic E-state index is 0.0360. The smallest absolute Gasteiger partial charge is 0.0679 e. The van der Waals surface area contributed by atoms with Gasteiger partial charge in [0.15, 0.2) is 0 Å². The van der Waals surface area contributed by atoms with Crippen LogP contribution in [0.2, 0.25) is 10.0 Å². The number of hydrogen-bond acceptors (Lipinski definition) is 3. The van der Waals surface area contributed by atoms with Crippen LogP contribution in [-0.4, -0.2) is 16.7 Å². The number of aromatic nitrogens is 2. The molecule has 0 fully saturated rings. The molecule has 0 saturated heterocycles. The maximum atomic E-state index is 6.16. The molecule has 0 spiro atoms. The summed E-state index contributed by atoms with van der Waals surface area (Å²) in [6.07, 6.45) is 0.839. The van der Waals surface area contributed by atoms with Gasteiger partial charge in [0.2, 0.25) is 0 Å². The molecule has 112 valence electrons. The Morgan fingerprint density at radius 1 is 1.10 bits per heavy atom. The zero-order valence-corrected chi connectivity index (χ0v) is 14.0. The van der Waals surface area contributed by atoms with Gasteiger partial charge in [-0.2, -0.15) is 10.2 Å². The maximum Gasteiger partial charge on any atom is 0.0679 e. The quantitative estimate of drug-likeness (QED) is 0.888. The SMILES string of the molecule is CCNC(c1ccc(Cl)c(Cl)c1)c1cc(C)nnc1CC. The Labute approximate surface area is 135 Å². The molecule has 0 aliphatic rings. The van der Waals surface area contributed by atoms with Gasteiger partial charge >= 0.3 is 0 Å². The summed E-state index contributed by atoms with van der Waals surface area (Å²) in [6, 6.07) is 7.86. The monoisotopic (exact) mass is 323 g/mol. The second kappa shape index (κ2) is 7.21. The lowest BCUT2D eigenvalue weighted by Gasteiger charge is -2.21. The predicted octanol–water partition coefficient (Wildman–Crippen LogP) is 4.35. The van der Waals surface area contributed by atoms with Crippen LogP contribution in [0.15, 0.2) is 24.3 Å². The van der Waals surface area contributed by atoms with Gasteiger partial charge in [0.05, 0.1) is 27.5 Å². The molecule has 2 rings (SSSR count). The van der Waals surface area contributed by atoms with Crippen molar-refractivity contribution in [3.8, 4) is 0 Å². The normalized spacial score (nSPS) is 12.4. The van der Waals surface area contributed by atoms with Gasteiger partial charge in [-0.15, -0.1) is 0 Å². The third kappa shape index (κ3) is 3.73. The number of benzene rings is 1. The maximum absolute atomic E-state index is 6.16. The first-order chi connectivity index (χ1) is 10.1. The molecule has 0 radical (unpaired) electrons. The Balaban J connectivity index is 2.52. The van der Waals surface area contributed by atoms with E-state index in [4.69, 9.17) is 23.2 Å². The first-order valence-electron chi connectivity index (χ1n) is 7.08. The lowest BCUT2D eigenvalue weighted by atomic mass is 9.96. The van der Waals surface area contributed by atoms with Gasteiger partial charge < -0.3 is 5.32 Å². The van der Waals surface area contributed by atoms with Crippen molar-refractivity contribution in [3.63, 3.8) is 0 Å². The van der Waals surface area contributed by atoms with E-state index in [1.165, 1.54) is 0 Å². The number of nitrogens with zero attached hydrogens (tertiary/aromatic N) is 2. The molecule has 2 aromatic rings. The molecule has 1 heterocycles. The Kier molecular flexibility index (Phi) is 5.57. The highest BCUT2D eigenvalue weighted by Crippen LogP contribution is 2.30. The van der Waals surface area contributed by atoms with Crippen LogP contribution < -0.4 is 5.32 Å². The average molecular weight is 324 g/mol. The van der Waals surface area contributed by atoms with Crippen LogP contribution in [0, 0.1) is 6.92 Å². The van der Waals surface area contributed by atoms with E-state index < -0.39 is 0 Å². The molecule has 1 aromatic heterocycles. The van der Waals surface area contributed by atoms with Gasteiger partial charge in [-0.25, -0.2) is 0 Å². The largest absolute Gasteiger partial charge is 0.306 e. The Morgan fingerprint density at radius 3 is 2.48 bits per heavy atom. The molecule has 3 nitrogen and oxygen atoms in total. The summed E-state index contributed by atoms with van der Waals surface area (Å²) in [5.74, 6) is 0. The van der Waals surface area contributed by atoms with Gasteiger partial charge in [0.25, 0.3) is 0 Å². The standard InChI is InChI=1S/C16H19Cl2N3/c1-4-15-12(8-10(3)20-21-15)16(19-5-2)11-6-7-13(17)14(18)9-11/h6-9,16,19H,4-5H2,1-3H3. The molecule has 1 aromatic carbocycles. The molecule has 0 amide bonds. The van der Waals surface area contributed by atoms with Gasteiger partial charge in [0, 0.05) is 0 Å². The van der Waals surface area contributed by atoms with E-state index in [1.807, 2.05) is 25.1 Å². The van der Waals surface area contributed by atoms with Crippen LogP contribution >= 0.6 is 23.2 Å². The van der Waals surface area contributed by atoms with Gasteiger partial charge in [-0.05, 0) is 49.2 Å². The Hall–Kier alpha value is -1.16. The second-order valence-electron chi connectivity index (χ2n) is 4.91. The first kappa shape index (κ1) is 16.2. The molecule has 1 atom stereocenters. The van der Waals surface area contributed by atoms with Crippen molar-refractivity contribution in [2.45, 2.75) is 33.2 Å². The molecule has 1 N–H and O–H groups in total. The van der Waals surface area contributed by atoms with Crippen molar-refractivity contribution in [3.05, 3.63) is 56.8 Å². The van der Waals surface area contributed by atoms with E-state index in [9.17, 15) is 0 Å². The highest BCUT2D eigenvalue weighted by molar-refractivity contribution is 6.42. The predicted molar refractivity (Wildman–Crippen MR) is 88.1 cm³/mol. The van der Waals surface area contributed by atoms with Crippen molar-refractivity contribution >= 4 is 23.2 Å². The molecule has 21 heavy (non-hydrogen) atoms.